The highest BCUT2D eigenvalue weighted by molar-refractivity contribution is 6.03. The van der Waals surface area contributed by atoms with Gasteiger partial charge in [-0.05, 0) is 54.5 Å². The lowest BCUT2D eigenvalue weighted by molar-refractivity contribution is -0.111. The quantitative estimate of drug-likeness (QED) is 0.764. The second kappa shape index (κ2) is 8.80. The molecule has 0 aromatic heterocycles. The third kappa shape index (κ3) is 4.47. The van der Waals surface area contributed by atoms with Crippen molar-refractivity contribution in [3.05, 3.63) is 48.0 Å². The van der Waals surface area contributed by atoms with Crippen molar-refractivity contribution >= 4 is 17.2 Å². The Hall–Kier alpha value is -3.15. The Bertz CT molecular complexity index is 771. The molecule has 0 spiro atoms. The lowest BCUT2D eigenvalue weighted by Gasteiger charge is -2.14. The summed E-state index contributed by atoms with van der Waals surface area (Å²) < 4.78 is 21.1. The fourth-order valence-electron chi connectivity index (χ4n) is 2.44. The number of hydrogen-bond donors (Lipinski definition) is 1. The molecule has 138 valence electrons. The first-order chi connectivity index (χ1) is 12.5. The van der Waals surface area contributed by atoms with Crippen LogP contribution in [0, 0.1) is 0 Å². The van der Waals surface area contributed by atoms with E-state index >= 15 is 0 Å². The van der Waals surface area contributed by atoms with Crippen LogP contribution in [0.5, 0.6) is 23.0 Å². The maximum atomic E-state index is 12.3. The topological polar surface area (TPSA) is 66.0 Å². The van der Waals surface area contributed by atoms with Crippen LogP contribution in [-0.2, 0) is 4.79 Å². The second-order valence-electron chi connectivity index (χ2n) is 5.46. The van der Waals surface area contributed by atoms with E-state index in [9.17, 15) is 4.79 Å². The molecule has 26 heavy (non-hydrogen) atoms. The number of methoxy groups -OCH3 is 4. The van der Waals surface area contributed by atoms with Gasteiger partial charge in [0.1, 0.15) is 5.75 Å². The van der Waals surface area contributed by atoms with Crippen molar-refractivity contribution in [2.24, 2.45) is 0 Å². The summed E-state index contributed by atoms with van der Waals surface area (Å²) in [6, 6.07) is 10.7. The highest BCUT2D eigenvalue weighted by Gasteiger charge is 2.14. The lowest BCUT2D eigenvalue weighted by atomic mass is 10.1. The van der Waals surface area contributed by atoms with Crippen LogP contribution in [0.4, 0.5) is 5.69 Å². The minimum Gasteiger partial charge on any atom is -0.497 e. The van der Waals surface area contributed by atoms with Crippen molar-refractivity contribution in [1.82, 2.24) is 0 Å². The average Bonchev–Trinajstić information content (AvgIpc) is 2.67. The van der Waals surface area contributed by atoms with Gasteiger partial charge in [-0.2, -0.15) is 0 Å². The third-order valence-corrected chi connectivity index (χ3v) is 3.83. The van der Waals surface area contributed by atoms with E-state index in [-0.39, 0.29) is 5.91 Å². The molecule has 6 heteroatoms. The highest BCUT2D eigenvalue weighted by atomic mass is 16.5. The van der Waals surface area contributed by atoms with Crippen LogP contribution in [0.15, 0.2) is 42.5 Å². The van der Waals surface area contributed by atoms with Gasteiger partial charge in [-0.3, -0.25) is 4.79 Å². The number of hydrogen-bond acceptors (Lipinski definition) is 5. The van der Waals surface area contributed by atoms with Gasteiger partial charge in [0.25, 0.3) is 0 Å². The maximum absolute atomic E-state index is 12.3. The zero-order chi connectivity index (χ0) is 19.1. The summed E-state index contributed by atoms with van der Waals surface area (Å²) in [5.41, 5.74) is 2.24. The summed E-state index contributed by atoms with van der Waals surface area (Å²) in [6.07, 6.45) is 1.52. The van der Waals surface area contributed by atoms with E-state index in [1.165, 1.54) is 6.08 Å². The molecule has 0 aliphatic rings. The Morgan fingerprint density at radius 1 is 0.885 bits per heavy atom. The maximum Gasteiger partial charge on any atom is 0.248 e. The molecular formula is C20H23NO5. The largest absolute Gasteiger partial charge is 0.497 e. The summed E-state index contributed by atoms with van der Waals surface area (Å²) >= 11 is 0. The molecule has 2 rings (SSSR count). The van der Waals surface area contributed by atoms with Crippen LogP contribution >= 0.6 is 0 Å². The van der Waals surface area contributed by atoms with Crippen LogP contribution in [0.1, 0.15) is 12.5 Å². The molecule has 0 fully saturated rings. The highest BCUT2D eigenvalue weighted by Crippen LogP contribution is 2.39. The van der Waals surface area contributed by atoms with E-state index in [4.69, 9.17) is 18.9 Å². The number of nitrogens with one attached hydrogen (secondary N) is 1. The Morgan fingerprint density at radius 3 is 1.92 bits per heavy atom. The van der Waals surface area contributed by atoms with Gasteiger partial charge >= 0.3 is 0 Å². The van der Waals surface area contributed by atoms with Crippen molar-refractivity contribution < 1.29 is 23.7 Å². The van der Waals surface area contributed by atoms with Gasteiger partial charge in [-0.25, -0.2) is 0 Å². The molecule has 1 amide bonds. The normalized spacial score (nSPS) is 10.9. The second-order valence-corrected chi connectivity index (χ2v) is 5.46. The molecule has 0 bridgehead atoms. The molecule has 0 heterocycles. The number of carbonyl (C=O) groups is 1. The predicted molar refractivity (Wildman–Crippen MR) is 101 cm³/mol. The van der Waals surface area contributed by atoms with Gasteiger partial charge in [0.15, 0.2) is 11.5 Å². The monoisotopic (exact) mass is 357 g/mol. The number of allylic oxidation sites excluding steroid dienone is 1. The minimum atomic E-state index is -0.235. The van der Waals surface area contributed by atoms with Crippen LogP contribution < -0.4 is 24.3 Å². The summed E-state index contributed by atoms with van der Waals surface area (Å²) in [6.45, 7) is 1.84. The van der Waals surface area contributed by atoms with E-state index < -0.39 is 0 Å². The lowest BCUT2D eigenvalue weighted by Crippen LogP contribution is -2.08. The standard InChI is InChI=1S/C20H23NO5/c1-13(10-19(22)21-15-6-8-16(23-2)9-7-15)14-11-17(24-3)20(26-5)18(12-14)25-4/h6-12H,1-5H3,(H,21,22)/b13-10-. The number of carbonyl (C=O) groups excluding carboxylic acids is 1. The first kappa shape index (κ1) is 19.2. The van der Waals surface area contributed by atoms with Gasteiger partial charge in [0, 0.05) is 11.8 Å². The van der Waals surface area contributed by atoms with Crippen molar-refractivity contribution in [2.45, 2.75) is 6.92 Å². The van der Waals surface area contributed by atoms with Gasteiger partial charge in [-0.1, -0.05) is 0 Å². The zero-order valence-corrected chi connectivity index (χ0v) is 15.6. The van der Waals surface area contributed by atoms with E-state index in [0.717, 1.165) is 16.9 Å². The van der Waals surface area contributed by atoms with Crippen molar-refractivity contribution in [2.75, 3.05) is 33.8 Å². The van der Waals surface area contributed by atoms with Gasteiger partial charge in [0.2, 0.25) is 11.7 Å². The fourth-order valence-corrected chi connectivity index (χ4v) is 2.44. The van der Waals surface area contributed by atoms with E-state index in [2.05, 4.69) is 5.32 Å². The Morgan fingerprint density at radius 2 is 1.46 bits per heavy atom. The number of benzene rings is 2. The smallest absolute Gasteiger partial charge is 0.248 e. The molecular weight excluding hydrogens is 334 g/mol. The molecule has 2 aromatic rings. The molecule has 6 nitrogen and oxygen atoms in total. The molecule has 1 N–H and O–H groups in total. The van der Waals surface area contributed by atoms with Crippen LogP contribution in [0.2, 0.25) is 0 Å². The first-order valence-corrected chi connectivity index (χ1v) is 7.96. The number of rotatable bonds is 7. The molecule has 0 unspecified atom stereocenters. The molecule has 0 aliphatic heterocycles. The zero-order valence-electron chi connectivity index (χ0n) is 15.6. The van der Waals surface area contributed by atoms with Crippen molar-refractivity contribution in [1.29, 1.82) is 0 Å². The predicted octanol–water partition coefficient (Wildman–Crippen LogP) is 3.76. The third-order valence-electron chi connectivity index (χ3n) is 3.83. The summed E-state index contributed by atoms with van der Waals surface area (Å²) in [5.74, 6) is 2.07. The van der Waals surface area contributed by atoms with Gasteiger partial charge < -0.3 is 24.3 Å². The van der Waals surface area contributed by atoms with Crippen LogP contribution in [0.25, 0.3) is 5.57 Å². The molecule has 0 aliphatic carbocycles. The molecule has 0 radical (unpaired) electrons. The number of amides is 1. The Balaban J connectivity index is 2.23. The van der Waals surface area contributed by atoms with Crippen molar-refractivity contribution in [3.8, 4) is 23.0 Å². The Kier molecular flexibility index (Phi) is 6.49. The summed E-state index contributed by atoms with van der Waals surface area (Å²) in [5, 5.41) is 2.82. The fraction of sp³-hybridized carbons (Fsp3) is 0.250. The first-order valence-electron chi connectivity index (χ1n) is 7.96. The van der Waals surface area contributed by atoms with E-state index in [0.29, 0.717) is 22.9 Å². The minimum absolute atomic E-state index is 0.235. The molecule has 0 saturated carbocycles. The van der Waals surface area contributed by atoms with Crippen LogP contribution in [-0.4, -0.2) is 34.3 Å². The van der Waals surface area contributed by atoms with E-state index in [1.807, 2.05) is 6.92 Å². The van der Waals surface area contributed by atoms with Gasteiger partial charge in [0.05, 0.1) is 28.4 Å². The van der Waals surface area contributed by atoms with Gasteiger partial charge in [-0.15, -0.1) is 0 Å². The Labute approximate surface area is 153 Å². The average molecular weight is 357 g/mol. The number of ether oxygens (including phenoxy) is 4. The molecule has 2 aromatic carbocycles. The van der Waals surface area contributed by atoms with Crippen molar-refractivity contribution in [3.63, 3.8) is 0 Å². The summed E-state index contributed by atoms with van der Waals surface area (Å²) in [7, 11) is 6.25. The molecule has 0 saturated heterocycles. The molecule has 0 atom stereocenters. The number of anilines is 1. The SMILES string of the molecule is COc1ccc(NC(=O)/C=C(/C)c2cc(OC)c(OC)c(OC)c2)cc1. The summed E-state index contributed by atoms with van der Waals surface area (Å²) in [4.78, 5) is 12.3. The van der Waals surface area contributed by atoms with Crippen LogP contribution in [0.3, 0.4) is 0 Å². The van der Waals surface area contributed by atoms with E-state index in [1.54, 1.807) is 64.8 Å².